The summed E-state index contributed by atoms with van der Waals surface area (Å²) in [5.41, 5.74) is 6.55. The molecule has 0 bridgehead atoms. The van der Waals surface area contributed by atoms with Gasteiger partial charge in [-0.1, -0.05) is 32.1 Å². The first-order valence-electron chi connectivity index (χ1n) is 8.61. The number of halogens is 1. The summed E-state index contributed by atoms with van der Waals surface area (Å²) in [4.78, 5) is 3.46. The minimum absolute atomic E-state index is 0.0238. The van der Waals surface area contributed by atoms with E-state index >= 15 is 0 Å². The van der Waals surface area contributed by atoms with Gasteiger partial charge in [-0.2, -0.15) is 7.05 Å². The number of benzene rings is 1. The smallest absolute Gasteiger partial charge is 0.0987 e. The second-order valence-electron chi connectivity index (χ2n) is 7.90. The Morgan fingerprint density at radius 2 is 2.12 bits per heavy atom. The van der Waals surface area contributed by atoms with Gasteiger partial charge in [-0.25, -0.2) is 0 Å². The van der Waals surface area contributed by atoms with Gasteiger partial charge in [-0.05, 0) is 30.5 Å². The Kier molecular flexibility index (Phi) is 3.33. The van der Waals surface area contributed by atoms with E-state index in [4.69, 9.17) is 11.6 Å². The van der Waals surface area contributed by atoms with Crippen LogP contribution in [-0.2, 0) is 5.41 Å². The van der Waals surface area contributed by atoms with E-state index in [1.165, 1.54) is 33.2 Å². The van der Waals surface area contributed by atoms with E-state index in [0.29, 0.717) is 0 Å². The summed E-state index contributed by atoms with van der Waals surface area (Å²) < 4.78 is 0. The lowest BCUT2D eigenvalue weighted by Gasteiger charge is -2.49. The van der Waals surface area contributed by atoms with Crippen LogP contribution in [0.4, 0.5) is 0 Å². The van der Waals surface area contributed by atoms with Crippen LogP contribution < -0.4 is 5.32 Å². The van der Waals surface area contributed by atoms with Gasteiger partial charge in [-0.3, -0.25) is 0 Å². The number of allylic oxidation sites excluding steroid dienone is 1. The third-order valence-electron chi connectivity index (χ3n) is 6.46. The van der Waals surface area contributed by atoms with E-state index in [2.05, 4.69) is 69.1 Å². The minimum Gasteiger partial charge on any atom is -0.472 e. The Hall–Kier alpha value is -1.51. The zero-order valence-electron chi connectivity index (χ0n) is 14.6. The molecule has 3 heteroatoms. The number of quaternary nitrogens is 1. The molecule has 0 saturated heterocycles. The highest BCUT2D eigenvalue weighted by molar-refractivity contribution is 6.22. The van der Waals surface area contributed by atoms with E-state index in [1.807, 2.05) is 6.08 Å². The summed E-state index contributed by atoms with van der Waals surface area (Å²) in [6.07, 6.45) is 5.07. The Morgan fingerprint density at radius 3 is 2.79 bits per heavy atom. The molecule has 0 unspecified atom stereocenters. The maximum absolute atomic E-state index is 6.89. The van der Waals surface area contributed by atoms with Crippen LogP contribution in [-0.4, -0.2) is 16.4 Å². The molecule has 1 heterocycles. The predicted molar refractivity (Wildman–Crippen MR) is 102 cm³/mol. The zero-order chi connectivity index (χ0) is 17.3. The van der Waals surface area contributed by atoms with E-state index in [-0.39, 0.29) is 22.2 Å². The summed E-state index contributed by atoms with van der Waals surface area (Å²) in [6.45, 7) is 11.0. The topological polar surface area (TPSA) is 32.4 Å². The van der Waals surface area contributed by atoms with Crippen LogP contribution in [0.3, 0.4) is 0 Å². The first-order chi connectivity index (χ1) is 11.4. The minimum atomic E-state index is -0.186. The van der Waals surface area contributed by atoms with Crippen LogP contribution in [0.15, 0.2) is 42.6 Å². The predicted octanol–water partition coefficient (Wildman–Crippen LogP) is 4.14. The summed E-state index contributed by atoms with van der Waals surface area (Å²) in [5.74, 6) is 0. The molecular weight excluding hydrogens is 316 g/mol. The highest BCUT2D eigenvalue weighted by Crippen LogP contribution is 2.55. The normalized spacial score (nSPS) is 31.2. The molecule has 1 aromatic carbocycles. The van der Waals surface area contributed by atoms with Crippen LogP contribution in [0.5, 0.6) is 0 Å². The molecule has 1 aromatic heterocycles. The number of nitrogens with one attached hydrogen (secondary N) is 1. The monoisotopic (exact) mass is 340 g/mol. The molecule has 2 aliphatic carbocycles. The SMILES string of the molecule is C=C[C@@]1(C)[C@H](Cl)CC2=C(c3c[nH]c4cccc(c34)C2(C)C)[C@H]1[NH2+][CH2-]. The third kappa shape index (κ3) is 1.76. The Bertz CT molecular complexity index is 873. The number of hydrogen-bond acceptors (Lipinski definition) is 0. The molecular formula is C21H25ClN2. The fourth-order valence-electron chi connectivity index (χ4n) is 4.83. The van der Waals surface area contributed by atoms with E-state index in [1.54, 1.807) is 0 Å². The van der Waals surface area contributed by atoms with Crippen molar-refractivity contribution in [2.45, 2.75) is 44.0 Å². The van der Waals surface area contributed by atoms with E-state index < -0.39 is 0 Å². The van der Waals surface area contributed by atoms with Gasteiger partial charge >= 0.3 is 0 Å². The Balaban J connectivity index is 2.09. The molecule has 2 aromatic rings. The second kappa shape index (κ2) is 5.00. The van der Waals surface area contributed by atoms with Crippen molar-refractivity contribution >= 4 is 28.1 Å². The zero-order valence-corrected chi connectivity index (χ0v) is 15.4. The van der Waals surface area contributed by atoms with Gasteiger partial charge in [0.05, 0.1) is 16.8 Å². The molecule has 126 valence electrons. The highest BCUT2D eigenvalue weighted by atomic mass is 35.5. The maximum Gasteiger partial charge on any atom is 0.0987 e. The summed E-state index contributed by atoms with van der Waals surface area (Å²) in [7, 11) is 4.15. The van der Waals surface area contributed by atoms with Crippen LogP contribution in [0, 0.1) is 12.5 Å². The van der Waals surface area contributed by atoms with Gasteiger partial charge in [0.1, 0.15) is 0 Å². The maximum atomic E-state index is 6.89. The first kappa shape index (κ1) is 16.0. The van der Waals surface area contributed by atoms with Gasteiger partial charge in [0.25, 0.3) is 0 Å². The molecule has 0 spiro atoms. The van der Waals surface area contributed by atoms with Crippen molar-refractivity contribution in [3.8, 4) is 0 Å². The lowest BCUT2D eigenvalue weighted by molar-refractivity contribution is -0.632. The van der Waals surface area contributed by atoms with Crippen molar-refractivity contribution in [3.63, 3.8) is 0 Å². The number of nitrogens with two attached hydrogens (primary N) is 1. The number of fused-ring (bicyclic) bond motifs is 1. The van der Waals surface area contributed by atoms with Gasteiger partial charge in [-0.15, -0.1) is 18.2 Å². The van der Waals surface area contributed by atoms with Crippen molar-refractivity contribution in [2.75, 3.05) is 0 Å². The largest absolute Gasteiger partial charge is 0.472 e. The molecule has 4 rings (SSSR count). The Morgan fingerprint density at radius 1 is 1.38 bits per heavy atom. The molecule has 0 amide bonds. The van der Waals surface area contributed by atoms with Crippen LogP contribution in [0.2, 0.25) is 0 Å². The molecule has 0 radical (unpaired) electrons. The number of aromatic nitrogens is 1. The molecule has 2 aliphatic rings. The quantitative estimate of drug-likeness (QED) is 0.468. The number of aromatic amines is 1. The molecule has 24 heavy (non-hydrogen) atoms. The fourth-order valence-corrected chi connectivity index (χ4v) is 5.21. The van der Waals surface area contributed by atoms with Crippen molar-refractivity contribution < 1.29 is 5.32 Å². The number of rotatable bonds is 2. The summed E-state index contributed by atoms with van der Waals surface area (Å²) in [6, 6.07) is 6.74. The van der Waals surface area contributed by atoms with Gasteiger partial charge in [0.2, 0.25) is 0 Å². The van der Waals surface area contributed by atoms with Gasteiger partial charge < -0.3 is 10.3 Å². The van der Waals surface area contributed by atoms with Crippen LogP contribution >= 0.6 is 11.6 Å². The molecule has 3 atom stereocenters. The number of H-pyrrole nitrogens is 1. The van der Waals surface area contributed by atoms with Crippen molar-refractivity contribution in [3.05, 3.63) is 60.8 Å². The van der Waals surface area contributed by atoms with E-state index in [9.17, 15) is 0 Å². The lowest BCUT2D eigenvalue weighted by Crippen LogP contribution is -2.88. The molecule has 0 saturated carbocycles. The first-order valence-corrected chi connectivity index (χ1v) is 9.04. The Labute approximate surface area is 149 Å². The van der Waals surface area contributed by atoms with Crippen LogP contribution in [0.1, 0.15) is 38.3 Å². The van der Waals surface area contributed by atoms with E-state index in [0.717, 1.165) is 6.42 Å². The summed E-state index contributed by atoms with van der Waals surface area (Å²) in [5, 5.41) is 3.44. The molecule has 2 nitrogen and oxygen atoms in total. The second-order valence-corrected chi connectivity index (χ2v) is 8.43. The van der Waals surface area contributed by atoms with Crippen molar-refractivity contribution in [2.24, 2.45) is 5.41 Å². The number of alkyl halides is 1. The number of hydrogen-bond donors (Lipinski definition) is 2. The van der Waals surface area contributed by atoms with Crippen molar-refractivity contribution in [1.82, 2.24) is 4.98 Å². The molecule has 0 aliphatic heterocycles. The third-order valence-corrected chi connectivity index (χ3v) is 7.09. The highest BCUT2D eigenvalue weighted by Gasteiger charge is 2.51. The fraction of sp³-hybridized carbons (Fsp3) is 0.381. The summed E-state index contributed by atoms with van der Waals surface area (Å²) >= 11 is 6.89. The van der Waals surface area contributed by atoms with Crippen molar-refractivity contribution in [1.29, 1.82) is 0 Å². The van der Waals surface area contributed by atoms with Gasteiger partial charge in [0, 0.05) is 33.7 Å². The lowest BCUT2D eigenvalue weighted by atomic mass is 9.58. The average Bonchev–Trinajstić information content (AvgIpc) is 2.99. The van der Waals surface area contributed by atoms with Crippen LogP contribution in [0.25, 0.3) is 16.5 Å². The molecule has 3 N–H and O–H groups in total. The van der Waals surface area contributed by atoms with Gasteiger partial charge in [0.15, 0.2) is 0 Å². The average molecular weight is 341 g/mol. The molecule has 0 fully saturated rings. The standard InChI is InChI=1S/C21H25ClN2/c1-6-21(4)16(22)10-14-18(19(21)23-5)12-11-24-15-9-7-8-13(17(12)15)20(14,2)3/h6-9,11,16,19,24H,1,5,10,23H2,2-4H3/t16-,19-,21+/m1/s1.